The van der Waals surface area contributed by atoms with E-state index in [1.165, 1.54) is 13.2 Å². The predicted molar refractivity (Wildman–Crippen MR) is 53.9 cm³/mol. The van der Waals surface area contributed by atoms with Gasteiger partial charge in [-0.25, -0.2) is 4.39 Å². The van der Waals surface area contributed by atoms with Crippen LogP contribution < -0.4 is 4.74 Å². The molecule has 0 amide bonds. The smallest absolute Gasteiger partial charge is 0.303 e. The third-order valence-electron chi connectivity index (χ3n) is 1.91. The number of carboxylic acid groups (broad SMARTS) is 1. The zero-order chi connectivity index (χ0) is 11.4. The van der Waals surface area contributed by atoms with E-state index in [4.69, 9.17) is 21.4 Å². The van der Waals surface area contributed by atoms with Gasteiger partial charge in [0, 0.05) is 12.5 Å². The highest BCUT2D eigenvalue weighted by molar-refractivity contribution is 6.32. The molecule has 0 fully saturated rings. The van der Waals surface area contributed by atoms with Crippen LogP contribution in [-0.2, 0) is 11.2 Å². The first-order valence-electron chi connectivity index (χ1n) is 4.28. The molecule has 0 atom stereocenters. The maximum atomic E-state index is 13.0. The number of ether oxygens (including phenoxy) is 1. The van der Waals surface area contributed by atoms with Gasteiger partial charge in [-0.05, 0) is 18.1 Å². The molecular formula is C10H10ClFO3. The average molecular weight is 233 g/mol. The molecular weight excluding hydrogens is 223 g/mol. The van der Waals surface area contributed by atoms with Crippen molar-refractivity contribution in [2.24, 2.45) is 0 Å². The van der Waals surface area contributed by atoms with Crippen LogP contribution in [0.4, 0.5) is 4.39 Å². The Balaban J connectivity index is 2.95. The first kappa shape index (κ1) is 11.8. The third-order valence-corrected chi connectivity index (χ3v) is 2.34. The lowest BCUT2D eigenvalue weighted by molar-refractivity contribution is -0.136. The van der Waals surface area contributed by atoms with Crippen LogP contribution in [0.1, 0.15) is 12.0 Å². The molecule has 15 heavy (non-hydrogen) atoms. The summed E-state index contributed by atoms with van der Waals surface area (Å²) < 4.78 is 17.9. The van der Waals surface area contributed by atoms with E-state index in [2.05, 4.69) is 0 Å². The van der Waals surface area contributed by atoms with Crippen LogP contribution in [0, 0.1) is 5.82 Å². The Bertz CT molecular complexity index is 379. The molecule has 0 unspecified atom stereocenters. The second kappa shape index (κ2) is 4.98. The van der Waals surface area contributed by atoms with Gasteiger partial charge in [0.25, 0.3) is 0 Å². The Labute approximate surface area is 91.4 Å². The van der Waals surface area contributed by atoms with E-state index in [0.717, 1.165) is 6.07 Å². The Morgan fingerprint density at radius 3 is 2.80 bits per heavy atom. The van der Waals surface area contributed by atoms with Crippen LogP contribution in [0.15, 0.2) is 12.1 Å². The van der Waals surface area contributed by atoms with Gasteiger partial charge in [0.2, 0.25) is 0 Å². The highest BCUT2D eigenvalue weighted by Crippen LogP contribution is 2.30. The van der Waals surface area contributed by atoms with E-state index in [1.807, 2.05) is 0 Å². The van der Waals surface area contributed by atoms with Crippen molar-refractivity contribution in [3.05, 3.63) is 28.5 Å². The molecule has 0 aliphatic heterocycles. The number of benzene rings is 1. The molecule has 1 aromatic carbocycles. The summed E-state index contributed by atoms with van der Waals surface area (Å²) in [6.45, 7) is 0. The number of carboxylic acids is 1. The molecule has 0 aromatic heterocycles. The molecule has 5 heteroatoms. The van der Waals surface area contributed by atoms with Crippen LogP contribution in [0.25, 0.3) is 0 Å². The fraction of sp³-hybridized carbons (Fsp3) is 0.300. The lowest BCUT2D eigenvalue weighted by Gasteiger charge is -2.08. The van der Waals surface area contributed by atoms with Gasteiger partial charge in [-0.15, -0.1) is 0 Å². The molecule has 0 bridgehead atoms. The Hall–Kier alpha value is -1.29. The monoisotopic (exact) mass is 232 g/mol. The summed E-state index contributed by atoms with van der Waals surface area (Å²) in [6.07, 6.45) is 0.0919. The summed E-state index contributed by atoms with van der Waals surface area (Å²) in [5.74, 6) is -1.22. The molecule has 0 aliphatic rings. The van der Waals surface area contributed by atoms with Crippen molar-refractivity contribution in [2.45, 2.75) is 12.8 Å². The van der Waals surface area contributed by atoms with Crippen LogP contribution in [0.3, 0.4) is 0 Å². The largest absolute Gasteiger partial charge is 0.495 e. The summed E-state index contributed by atoms with van der Waals surface area (Å²) in [6, 6.07) is 2.38. The lowest BCUT2D eigenvalue weighted by atomic mass is 10.1. The van der Waals surface area contributed by atoms with Gasteiger partial charge in [0.15, 0.2) is 0 Å². The number of hydrogen-bond acceptors (Lipinski definition) is 2. The first-order valence-corrected chi connectivity index (χ1v) is 4.66. The number of aliphatic carboxylic acids is 1. The minimum absolute atomic E-state index is 0.0909. The van der Waals surface area contributed by atoms with Crippen LogP contribution in [0.2, 0.25) is 5.02 Å². The molecule has 0 heterocycles. The topological polar surface area (TPSA) is 46.5 Å². The second-order valence-corrected chi connectivity index (χ2v) is 3.35. The lowest BCUT2D eigenvalue weighted by Crippen LogP contribution is -1.99. The number of methoxy groups -OCH3 is 1. The number of carbonyl (C=O) groups is 1. The first-order chi connectivity index (χ1) is 7.04. The van der Waals surface area contributed by atoms with Crippen molar-refractivity contribution in [1.82, 2.24) is 0 Å². The maximum absolute atomic E-state index is 13.0. The van der Waals surface area contributed by atoms with Crippen LogP contribution in [-0.4, -0.2) is 18.2 Å². The molecule has 1 rings (SSSR count). The van der Waals surface area contributed by atoms with E-state index in [0.29, 0.717) is 5.56 Å². The number of rotatable bonds is 4. The Morgan fingerprint density at radius 1 is 1.60 bits per heavy atom. The maximum Gasteiger partial charge on any atom is 0.303 e. The molecule has 0 radical (unpaired) electrons. The third kappa shape index (κ3) is 3.09. The predicted octanol–water partition coefficient (Wildman–Crippen LogP) is 2.50. The average Bonchev–Trinajstić information content (AvgIpc) is 2.18. The van der Waals surface area contributed by atoms with Gasteiger partial charge in [-0.2, -0.15) is 0 Å². The van der Waals surface area contributed by atoms with E-state index < -0.39 is 11.8 Å². The molecule has 0 saturated carbocycles. The Morgan fingerprint density at radius 2 is 2.27 bits per heavy atom. The highest BCUT2D eigenvalue weighted by Gasteiger charge is 2.10. The molecule has 0 spiro atoms. The van der Waals surface area contributed by atoms with Crippen molar-refractivity contribution in [3.63, 3.8) is 0 Å². The van der Waals surface area contributed by atoms with E-state index in [9.17, 15) is 9.18 Å². The minimum Gasteiger partial charge on any atom is -0.495 e. The van der Waals surface area contributed by atoms with Crippen molar-refractivity contribution >= 4 is 17.6 Å². The Kier molecular flexibility index (Phi) is 3.91. The zero-order valence-electron chi connectivity index (χ0n) is 8.09. The van der Waals surface area contributed by atoms with Gasteiger partial charge in [0.1, 0.15) is 11.6 Å². The summed E-state index contributed by atoms with van der Waals surface area (Å²) in [4.78, 5) is 10.4. The summed E-state index contributed by atoms with van der Waals surface area (Å²) in [5, 5.41) is 8.76. The second-order valence-electron chi connectivity index (χ2n) is 2.97. The van der Waals surface area contributed by atoms with Gasteiger partial charge >= 0.3 is 5.97 Å². The van der Waals surface area contributed by atoms with Crippen molar-refractivity contribution in [2.75, 3.05) is 7.11 Å². The molecule has 0 aliphatic carbocycles. The quantitative estimate of drug-likeness (QED) is 0.868. The van der Waals surface area contributed by atoms with Gasteiger partial charge in [-0.3, -0.25) is 4.79 Å². The number of aryl methyl sites for hydroxylation is 1. The standard InChI is InChI=1S/C10H10ClFO3/c1-15-8-5-7(12)4-6(10(8)11)2-3-9(13)14/h4-5H,2-3H2,1H3,(H,13,14). The molecule has 1 aromatic rings. The number of halogens is 2. The fourth-order valence-electron chi connectivity index (χ4n) is 1.19. The molecule has 82 valence electrons. The summed E-state index contributed by atoms with van der Waals surface area (Å²) in [7, 11) is 1.38. The van der Waals surface area contributed by atoms with Crippen LogP contribution in [0.5, 0.6) is 5.75 Å². The molecule has 1 N–H and O–H groups in total. The molecule has 3 nitrogen and oxygen atoms in total. The summed E-state index contributed by atoms with van der Waals surface area (Å²) >= 11 is 5.88. The van der Waals surface area contributed by atoms with Crippen molar-refractivity contribution in [1.29, 1.82) is 0 Å². The fourth-order valence-corrected chi connectivity index (χ4v) is 1.47. The van der Waals surface area contributed by atoms with E-state index in [1.54, 1.807) is 0 Å². The van der Waals surface area contributed by atoms with Crippen molar-refractivity contribution < 1.29 is 19.0 Å². The van der Waals surface area contributed by atoms with E-state index >= 15 is 0 Å². The van der Waals surface area contributed by atoms with Gasteiger partial charge in [-0.1, -0.05) is 11.6 Å². The highest BCUT2D eigenvalue weighted by atomic mass is 35.5. The van der Waals surface area contributed by atoms with E-state index in [-0.39, 0.29) is 23.6 Å². The van der Waals surface area contributed by atoms with Crippen LogP contribution >= 0.6 is 11.6 Å². The van der Waals surface area contributed by atoms with Gasteiger partial charge in [0.05, 0.1) is 12.1 Å². The minimum atomic E-state index is -0.950. The normalized spacial score (nSPS) is 10.1. The number of hydrogen-bond donors (Lipinski definition) is 1. The SMILES string of the molecule is COc1cc(F)cc(CCC(=O)O)c1Cl. The molecule has 0 saturated heterocycles. The zero-order valence-corrected chi connectivity index (χ0v) is 8.84. The van der Waals surface area contributed by atoms with Gasteiger partial charge < -0.3 is 9.84 Å². The van der Waals surface area contributed by atoms with Crippen molar-refractivity contribution in [3.8, 4) is 5.75 Å². The summed E-state index contributed by atoms with van der Waals surface area (Å²) in [5.41, 5.74) is 0.441.